The highest BCUT2D eigenvalue weighted by Crippen LogP contribution is 2.54. The molecule has 0 radical (unpaired) electrons. The van der Waals surface area contributed by atoms with Gasteiger partial charge < -0.3 is 54.1 Å². The van der Waals surface area contributed by atoms with Crippen molar-refractivity contribution < 1.29 is 58.8 Å². The van der Waals surface area contributed by atoms with Crippen LogP contribution in [0.5, 0.6) is 17.2 Å². The van der Waals surface area contributed by atoms with Gasteiger partial charge in [0.05, 0.1) is 58.9 Å². The normalized spacial score (nSPS) is 38.2. The summed E-state index contributed by atoms with van der Waals surface area (Å²) in [6, 6.07) is 4.05. The number of aromatic hydroxyl groups is 3. The topological polar surface area (TPSA) is 185 Å². The monoisotopic (exact) mass is 753 g/mol. The Bertz CT molecular complexity index is 1770. The molecule has 2 aliphatic carbocycles. The fraction of sp³-hybridized carbons (Fsp3) is 0.659. The van der Waals surface area contributed by atoms with Crippen LogP contribution >= 0.6 is 0 Å². The summed E-state index contributed by atoms with van der Waals surface area (Å²) in [5.74, 6) is -2.87. The van der Waals surface area contributed by atoms with Gasteiger partial charge in [-0.05, 0) is 79.0 Å². The average Bonchev–Trinajstić information content (AvgIpc) is 3.12. The van der Waals surface area contributed by atoms with E-state index >= 15 is 0 Å². The molecule has 5 aliphatic rings. The predicted octanol–water partition coefficient (Wildman–Crippen LogP) is 4.49. The van der Waals surface area contributed by atoms with E-state index in [4.69, 9.17) is 23.7 Å². The van der Waals surface area contributed by atoms with E-state index < -0.39 is 59.2 Å². The molecule has 0 aromatic heterocycles. The summed E-state index contributed by atoms with van der Waals surface area (Å²) >= 11 is 0. The highest BCUT2D eigenvalue weighted by molar-refractivity contribution is 6.31. The first-order valence-corrected chi connectivity index (χ1v) is 19.4. The number of ether oxygens (including phenoxy) is 5. The van der Waals surface area contributed by atoms with Crippen LogP contribution in [0, 0.1) is 11.8 Å². The summed E-state index contributed by atoms with van der Waals surface area (Å²) in [6.07, 6.45) is -1.12. The number of aliphatic hydroxyl groups is 2. The van der Waals surface area contributed by atoms with Gasteiger partial charge in [0, 0.05) is 41.5 Å². The summed E-state index contributed by atoms with van der Waals surface area (Å²) in [5, 5.41) is 56.3. The Morgan fingerprint density at radius 1 is 0.852 bits per heavy atom. The van der Waals surface area contributed by atoms with Gasteiger partial charge in [0.1, 0.15) is 23.4 Å². The summed E-state index contributed by atoms with van der Waals surface area (Å²) < 4.78 is 32.3. The van der Waals surface area contributed by atoms with Crippen molar-refractivity contribution >= 4 is 11.6 Å². The van der Waals surface area contributed by atoms with Crippen molar-refractivity contribution in [3.05, 3.63) is 51.6 Å². The second-order valence-corrected chi connectivity index (χ2v) is 16.4. The number of fused-ring (bicyclic) bond motifs is 3. The molecule has 5 N–H and O–H groups in total. The number of carbonyl (C=O) groups excluding carboxylic acids is 2. The standard InChI is InChI=1S/C41H55NO12/c1-8-41(49)15-14-23-32(39(48)34-33(37(23)46)38(47)31-22(36(34)45)10-9-11-25(31)43)40(41)54-29-17-24(42(6)7)30(20(4)51-29)27-13-12-26(19(3)50-27)53-28-16-18(2)35(44)21(5)52-28/h9-11,18-21,24,26-30,35,40,43-44,46,48-49H,8,12-17H2,1-7H3. The number of rotatable bonds is 7. The number of phenols is 3. The van der Waals surface area contributed by atoms with E-state index in [1.165, 1.54) is 18.2 Å². The van der Waals surface area contributed by atoms with Crippen molar-refractivity contribution in [2.45, 2.75) is 147 Å². The number of phenolic OH excluding ortho intramolecular Hbond substituents is 3. The molecule has 13 atom stereocenters. The van der Waals surface area contributed by atoms with Crippen molar-refractivity contribution in [3.63, 3.8) is 0 Å². The van der Waals surface area contributed by atoms with E-state index in [9.17, 15) is 35.1 Å². The molecule has 0 spiro atoms. The molecular formula is C41H55NO12. The highest BCUT2D eigenvalue weighted by Gasteiger charge is 2.52. The number of nitrogens with zero attached hydrogens (tertiary/aromatic N) is 1. The maximum Gasteiger partial charge on any atom is 0.202 e. The molecule has 2 aromatic rings. The molecule has 0 bridgehead atoms. The van der Waals surface area contributed by atoms with E-state index in [-0.39, 0.29) is 101 Å². The zero-order chi connectivity index (χ0) is 39.0. The lowest BCUT2D eigenvalue weighted by Gasteiger charge is -2.50. The molecule has 0 saturated carbocycles. The average molecular weight is 754 g/mol. The minimum atomic E-state index is -1.49. The molecular weight excluding hydrogens is 698 g/mol. The van der Waals surface area contributed by atoms with Crippen LogP contribution in [0.2, 0.25) is 0 Å². The number of hydrogen-bond acceptors (Lipinski definition) is 13. The van der Waals surface area contributed by atoms with Gasteiger partial charge in [-0.2, -0.15) is 0 Å². The third-order valence-electron chi connectivity index (χ3n) is 12.9. The number of hydrogen-bond donors (Lipinski definition) is 5. The van der Waals surface area contributed by atoms with E-state index in [1.807, 2.05) is 41.8 Å². The van der Waals surface area contributed by atoms with E-state index in [1.54, 1.807) is 6.92 Å². The molecule has 7 rings (SSSR count). The Labute approximate surface area is 316 Å². The highest BCUT2D eigenvalue weighted by atomic mass is 16.7. The van der Waals surface area contributed by atoms with Crippen LogP contribution in [-0.4, -0.2) is 117 Å². The van der Waals surface area contributed by atoms with Gasteiger partial charge >= 0.3 is 0 Å². The molecule has 2 aromatic carbocycles. The molecule has 13 unspecified atom stereocenters. The molecule has 3 aliphatic heterocycles. The lowest BCUT2D eigenvalue weighted by molar-refractivity contribution is -0.292. The van der Waals surface area contributed by atoms with Crippen LogP contribution in [0.15, 0.2) is 18.2 Å². The van der Waals surface area contributed by atoms with Crippen LogP contribution in [-0.2, 0) is 30.1 Å². The Balaban J connectivity index is 1.12. The largest absolute Gasteiger partial charge is 0.507 e. The van der Waals surface area contributed by atoms with Crippen LogP contribution in [0.1, 0.15) is 122 Å². The second kappa shape index (κ2) is 14.7. The molecule has 54 heavy (non-hydrogen) atoms. The molecule has 3 heterocycles. The van der Waals surface area contributed by atoms with Crippen LogP contribution < -0.4 is 0 Å². The quantitative estimate of drug-likeness (QED) is 0.213. The Hall–Kier alpha value is -3.14. The third kappa shape index (κ3) is 6.54. The van der Waals surface area contributed by atoms with Gasteiger partial charge in [-0.3, -0.25) is 9.59 Å². The van der Waals surface area contributed by atoms with Crippen LogP contribution in [0.25, 0.3) is 0 Å². The van der Waals surface area contributed by atoms with Gasteiger partial charge in [-0.15, -0.1) is 0 Å². The predicted molar refractivity (Wildman–Crippen MR) is 195 cm³/mol. The maximum atomic E-state index is 13.8. The van der Waals surface area contributed by atoms with Gasteiger partial charge in [-0.1, -0.05) is 26.0 Å². The molecule has 0 amide bonds. The Kier molecular flexibility index (Phi) is 10.7. The zero-order valence-corrected chi connectivity index (χ0v) is 32.2. The molecule has 3 fully saturated rings. The SMILES string of the molecule is CCC1(O)CCc2c(O)c3c(c(O)c2C1OC1CC(N(C)C)C(C2CCC(OC4CC(C)C(O)C(C)O4)C(C)O2)C(C)O1)C(=O)c1cccc(O)c1C3=O. The van der Waals surface area contributed by atoms with E-state index in [0.29, 0.717) is 12.8 Å². The van der Waals surface area contributed by atoms with Gasteiger partial charge in [0.2, 0.25) is 5.78 Å². The van der Waals surface area contributed by atoms with Gasteiger partial charge in [0.15, 0.2) is 18.4 Å². The summed E-state index contributed by atoms with van der Waals surface area (Å²) in [5.41, 5.74) is -2.29. The molecule has 296 valence electrons. The minimum Gasteiger partial charge on any atom is -0.507 e. The number of carbonyl (C=O) groups is 2. The summed E-state index contributed by atoms with van der Waals surface area (Å²) in [4.78, 5) is 29.6. The zero-order valence-electron chi connectivity index (χ0n) is 32.2. The minimum absolute atomic E-state index is 0.0438. The Morgan fingerprint density at radius 2 is 1.54 bits per heavy atom. The van der Waals surface area contributed by atoms with E-state index in [0.717, 1.165) is 12.8 Å². The fourth-order valence-corrected chi connectivity index (χ4v) is 9.71. The Morgan fingerprint density at radius 3 is 2.20 bits per heavy atom. The number of aliphatic hydroxyl groups excluding tert-OH is 1. The van der Waals surface area contributed by atoms with Crippen molar-refractivity contribution in [2.24, 2.45) is 11.8 Å². The second-order valence-electron chi connectivity index (χ2n) is 16.4. The van der Waals surface area contributed by atoms with Gasteiger partial charge in [-0.25, -0.2) is 0 Å². The summed E-state index contributed by atoms with van der Waals surface area (Å²) in [7, 11) is 3.99. The number of ketones is 2. The first-order valence-electron chi connectivity index (χ1n) is 19.4. The van der Waals surface area contributed by atoms with Crippen LogP contribution in [0.3, 0.4) is 0 Å². The first-order chi connectivity index (χ1) is 25.6. The third-order valence-corrected chi connectivity index (χ3v) is 12.9. The van der Waals surface area contributed by atoms with Gasteiger partial charge in [0.25, 0.3) is 0 Å². The van der Waals surface area contributed by atoms with Crippen molar-refractivity contribution in [2.75, 3.05) is 14.1 Å². The molecule has 13 nitrogen and oxygen atoms in total. The van der Waals surface area contributed by atoms with Crippen molar-refractivity contribution in [3.8, 4) is 17.2 Å². The van der Waals surface area contributed by atoms with Crippen LogP contribution in [0.4, 0.5) is 0 Å². The molecule has 3 saturated heterocycles. The first kappa shape index (κ1) is 39.1. The molecule has 13 heteroatoms. The fourth-order valence-electron chi connectivity index (χ4n) is 9.71. The lowest BCUT2D eigenvalue weighted by Crippen LogP contribution is -2.57. The number of benzene rings is 2. The van der Waals surface area contributed by atoms with E-state index in [2.05, 4.69) is 4.90 Å². The maximum absolute atomic E-state index is 13.8. The lowest BCUT2D eigenvalue weighted by atomic mass is 9.71. The van der Waals surface area contributed by atoms with Crippen molar-refractivity contribution in [1.82, 2.24) is 4.90 Å². The summed E-state index contributed by atoms with van der Waals surface area (Å²) in [6.45, 7) is 9.66. The van der Waals surface area contributed by atoms with Crippen molar-refractivity contribution in [1.29, 1.82) is 0 Å². The smallest absolute Gasteiger partial charge is 0.202 e.